The predicted molar refractivity (Wildman–Crippen MR) is 313 cm³/mol. The van der Waals surface area contributed by atoms with E-state index < -0.39 is 12.1 Å². The summed E-state index contributed by atoms with van der Waals surface area (Å²) in [5.41, 5.74) is 0. The summed E-state index contributed by atoms with van der Waals surface area (Å²) in [6, 6.07) is -0.652. The van der Waals surface area contributed by atoms with E-state index >= 15 is 0 Å². The molecule has 0 aliphatic heterocycles. The van der Waals surface area contributed by atoms with Crippen LogP contribution in [0.5, 0.6) is 0 Å². The Morgan fingerprint density at radius 3 is 1.00 bits per heavy atom. The quantitative estimate of drug-likeness (QED) is 0.0420. The third-order valence-corrected chi connectivity index (χ3v) is 13.5. The minimum Gasteiger partial charge on any atom is -0.394 e. The van der Waals surface area contributed by atoms with E-state index in [2.05, 4.69) is 104 Å². The highest BCUT2D eigenvalue weighted by Gasteiger charge is 2.18. The average molecular weight is 973 g/mol. The number of hydrogen-bond donors (Lipinski definition) is 3. The summed E-state index contributed by atoms with van der Waals surface area (Å²) in [6.07, 6.45) is 90.2. The first kappa shape index (κ1) is 67.3. The van der Waals surface area contributed by atoms with Crippen LogP contribution in [-0.2, 0) is 4.79 Å². The van der Waals surface area contributed by atoms with Crippen LogP contribution in [0, 0.1) is 0 Å². The summed E-state index contributed by atoms with van der Waals surface area (Å²) >= 11 is 0. The lowest BCUT2D eigenvalue weighted by molar-refractivity contribution is -0.123. The van der Waals surface area contributed by atoms with E-state index in [0.29, 0.717) is 6.42 Å². The van der Waals surface area contributed by atoms with Crippen molar-refractivity contribution < 1.29 is 15.0 Å². The average Bonchev–Trinajstić information content (AvgIpc) is 3.36. The highest BCUT2D eigenvalue weighted by Crippen LogP contribution is 2.17. The number of hydrogen-bond acceptors (Lipinski definition) is 3. The lowest BCUT2D eigenvalue weighted by Crippen LogP contribution is -2.45. The Morgan fingerprint density at radius 2 is 0.643 bits per heavy atom. The maximum absolute atomic E-state index is 12.5. The fraction of sp³-hybridized carbons (Fsp3) is 0.742. The Hall–Kier alpha value is -2.69. The molecule has 0 heterocycles. The van der Waals surface area contributed by atoms with Gasteiger partial charge in [0.1, 0.15) is 0 Å². The summed E-state index contributed by atoms with van der Waals surface area (Å²) in [7, 11) is 0. The number of carbonyl (C=O) groups excluding carboxylic acids is 1. The Balaban J connectivity index is 3.56. The molecule has 2 atom stereocenters. The largest absolute Gasteiger partial charge is 0.394 e. The third kappa shape index (κ3) is 56.2. The maximum atomic E-state index is 12.5. The highest BCUT2D eigenvalue weighted by atomic mass is 16.3. The maximum Gasteiger partial charge on any atom is 0.220 e. The SMILES string of the molecule is CC/C=C\C/C=C\C/C=C\C/C=C\C/C=C\CCCCCCCCCCCCCCCCCC(=O)NC(CO)C(O)/C=C/CC/C=C/CC/C=C/CCCCCCCCCCCCCCCCCCC. The van der Waals surface area contributed by atoms with Crippen LogP contribution in [0.3, 0.4) is 0 Å². The molecule has 4 heteroatoms. The molecule has 0 aromatic heterocycles. The van der Waals surface area contributed by atoms with Crippen molar-refractivity contribution >= 4 is 5.91 Å². The Morgan fingerprint density at radius 1 is 0.357 bits per heavy atom. The van der Waals surface area contributed by atoms with Crippen molar-refractivity contribution in [2.45, 2.75) is 309 Å². The molecule has 2 unspecified atom stereocenters. The summed E-state index contributed by atoms with van der Waals surface area (Å²) in [4.78, 5) is 12.5. The molecule has 0 fully saturated rings. The van der Waals surface area contributed by atoms with Crippen molar-refractivity contribution in [1.29, 1.82) is 0 Å². The van der Waals surface area contributed by atoms with Crippen LogP contribution in [0.4, 0.5) is 0 Å². The van der Waals surface area contributed by atoms with Gasteiger partial charge in [-0.15, -0.1) is 0 Å². The van der Waals surface area contributed by atoms with Gasteiger partial charge in [0, 0.05) is 6.42 Å². The Labute approximate surface area is 436 Å². The molecular formula is C66H117NO3. The van der Waals surface area contributed by atoms with E-state index in [1.165, 1.54) is 205 Å². The standard InChI is InChI=1S/C66H117NO3/c1-3-5-7-9-11-13-15-17-19-21-23-25-27-29-31-32-33-34-36-38-40-42-44-46-48-50-52-54-56-58-60-62-66(70)67-64(63-68)65(69)61-59-57-55-53-51-49-47-45-43-41-39-37-35-30-28-26-24-22-20-18-16-14-12-10-8-6-4-2/h5,7,11,13,17,19,23,25,29,31,43,45,51,53,59,61,64-65,68-69H,3-4,6,8-10,12,14-16,18,20-22,24,26-28,30,32-42,44,46-50,52,54-58,60,62-63H2,1-2H3,(H,67,70)/b7-5-,13-11-,19-17-,25-23-,31-29-,45-43+,53-51+,61-59+. The number of aliphatic hydroxyl groups is 2. The van der Waals surface area contributed by atoms with E-state index in [-0.39, 0.29) is 12.5 Å². The highest BCUT2D eigenvalue weighted by molar-refractivity contribution is 5.76. The Kier molecular flexibility index (Phi) is 58.3. The minimum atomic E-state index is -0.876. The van der Waals surface area contributed by atoms with Crippen LogP contribution in [0.15, 0.2) is 97.2 Å². The van der Waals surface area contributed by atoms with Gasteiger partial charge in [0.15, 0.2) is 0 Å². The van der Waals surface area contributed by atoms with Gasteiger partial charge in [-0.2, -0.15) is 0 Å². The molecule has 3 N–H and O–H groups in total. The zero-order chi connectivity index (χ0) is 50.6. The van der Waals surface area contributed by atoms with E-state index in [0.717, 1.165) is 70.6 Å². The van der Waals surface area contributed by atoms with Gasteiger partial charge in [-0.1, -0.05) is 297 Å². The number of aliphatic hydroxyl groups excluding tert-OH is 2. The van der Waals surface area contributed by atoms with Crippen molar-refractivity contribution in [3.8, 4) is 0 Å². The zero-order valence-electron chi connectivity index (χ0n) is 46.5. The number of rotatable bonds is 55. The molecular weight excluding hydrogens is 855 g/mol. The van der Waals surface area contributed by atoms with Crippen molar-refractivity contribution in [1.82, 2.24) is 5.32 Å². The van der Waals surface area contributed by atoms with Crippen LogP contribution < -0.4 is 5.32 Å². The van der Waals surface area contributed by atoms with Gasteiger partial charge in [-0.25, -0.2) is 0 Å². The van der Waals surface area contributed by atoms with Gasteiger partial charge in [0.2, 0.25) is 5.91 Å². The van der Waals surface area contributed by atoms with Crippen molar-refractivity contribution in [2.24, 2.45) is 0 Å². The van der Waals surface area contributed by atoms with E-state index in [4.69, 9.17) is 0 Å². The third-order valence-electron chi connectivity index (χ3n) is 13.5. The lowest BCUT2D eigenvalue weighted by Gasteiger charge is -2.19. The molecule has 0 rings (SSSR count). The molecule has 0 aliphatic rings. The first-order valence-electron chi connectivity index (χ1n) is 30.5. The summed E-state index contributed by atoms with van der Waals surface area (Å²) < 4.78 is 0. The van der Waals surface area contributed by atoms with E-state index in [1.807, 2.05) is 6.08 Å². The van der Waals surface area contributed by atoms with E-state index in [9.17, 15) is 15.0 Å². The molecule has 4 nitrogen and oxygen atoms in total. The van der Waals surface area contributed by atoms with Gasteiger partial charge in [-0.3, -0.25) is 4.79 Å². The normalized spacial score (nSPS) is 13.5. The summed E-state index contributed by atoms with van der Waals surface area (Å²) in [6.45, 7) is 4.20. The fourth-order valence-electron chi connectivity index (χ4n) is 8.95. The van der Waals surface area contributed by atoms with Crippen molar-refractivity contribution in [3.63, 3.8) is 0 Å². The molecule has 0 saturated heterocycles. The molecule has 404 valence electrons. The van der Waals surface area contributed by atoms with Crippen LogP contribution >= 0.6 is 0 Å². The molecule has 0 spiro atoms. The van der Waals surface area contributed by atoms with Crippen LogP contribution in [0.2, 0.25) is 0 Å². The predicted octanol–water partition coefficient (Wildman–Crippen LogP) is 20.5. The molecule has 0 radical (unpaired) electrons. The molecule has 0 aromatic rings. The molecule has 70 heavy (non-hydrogen) atoms. The number of amides is 1. The topological polar surface area (TPSA) is 69.6 Å². The first-order valence-corrected chi connectivity index (χ1v) is 30.5. The van der Waals surface area contributed by atoms with Crippen LogP contribution in [0.25, 0.3) is 0 Å². The number of unbranched alkanes of at least 4 members (excludes halogenated alkanes) is 34. The van der Waals surface area contributed by atoms with Crippen molar-refractivity contribution in [2.75, 3.05) is 6.61 Å². The second-order valence-electron chi connectivity index (χ2n) is 20.4. The second-order valence-corrected chi connectivity index (χ2v) is 20.4. The molecule has 0 aromatic carbocycles. The summed E-state index contributed by atoms with van der Waals surface area (Å²) in [5, 5.41) is 23.2. The molecule has 0 aliphatic carbocycles. The van der Waals surface area contributed by atoms with Gasteiger partial charge < -0.3 is 15.5 Å². The second kappa shape index (κ2) is 60.6. The van der Waals surface area contributed by atoms with Gasteiger partial charge >= 0.3 is 0 Å². The number of carbonyl (C=O) groups is 1. The number of allylic oxidation sites excluding steroid dienone is 15. The minimum absolute atomic E-state index is 0.0787. The van der Waals surface area contributed by atoms with Crippen molar-refractivity contribution in [3.05, 3.63) is 97.2 Å². The first-order chi connectivity index (χ1) is 34.7. The molecule has 1 amide bonds. The smallest absolute Gasteiger partial charge is 0.220 e. The van der Waals surface area contributed by atoms with Crippen LogP contribution in [0.1, 0.15) is 296 Å². The molecule has 0 saturated carbocycles. The van der Waals surface area contributed by atoms with E-state index in [1.54, 1.807) is 6.08 Å². The fourth-order valence-corrected chi connectivity index (χ4v) is 8.95. The van der Waals surface area contributed by atoms with Gasteiger partial charge in [0.25, 0.3) is 0 Å². The monoisotopic (exact) mass is 972 g/mol. The Bertz CT molecular complexity index is 1290. The van der Waals surface area contributed by atoms with Gasteiger partial charge in [0.05, 0.1) is 18.8 Å². The number of nitrogens with one attached hydrogen (secondary N) is 1. The van der Waals surface area contributed by atoms with Crippen LogP contribution in [-0.4, -0.2) is 34.9 Å². The summed E-state index contributed by atoms with van der Waals surface area (Å²) in [5.74, 6) is -0.0787. The molecule has 0 bridgehead atoms. The van der Waals surface area contributed by atoms with Gasteiger partial charge in [-0.05, 0) is 89.9 Å². The zero-order valence-corrected chi connectivity index (χ0v) is 46.5. The lowest BCUT2D eigenvalue weighted by atomic mass is 10.0.